The third-order valence-electron chi connectivity index (χ3n) is 5.29. The van der Waals surface area contributed by atoms with Gasteiger partial charge in [0, 0.05) is 39.8 Å². The van der Waals surface area contributed by atoms with Gasteiger partial charge >= 0.3 is 0 Å². The summed E-state index contributed by atoms with van der Waals surface area (Å²) in [6.07, 6.45) is 7.44. The molecule has 1 aliphatic heterocycles. The molecular formula is C17H33N5O. The van der Waals surface area contributed by atoms with Crippen molar-refractivity contribution in [1.29, 1.82) is 0 Å². The normalized spacial score (nSPS) is 22.8. The first-order valence-corrected chi connectivity index (χ1v) is 8.95. The van der Waals surface area contributed by atoms with E-state index in [2.05, 4.69) is 32.8 Å². The lowest BCUT2D eigenvalue weighted by Crippen LogP contribution is -2.51. The first kappa shape index (κ1) is 18.0. The number of nitrogens with zero attached hydrogens (tertiary/aromatic N) is 2. The third kappa shape index (κ3) is 5.68. The highest BCUT2D eigenvalue weighted by Crippen LogP contribution is 2.36. The summed E-state index contributed by atoms with van der Waals surface area (Å²) in [7, 11) is 3.53. The van der Waals surface area contributed by atoms with Gasteiger partial charge in [-0.2, -0.15) is 0 Å². The van der Waals surface area contributed by atoms with E-state index in [4.69, 9.17) is 0 Å². The van der Waals surface area contributed by atoms with Crippen LogP contribution >= 0.6 is 0 Å². The minimum absolute atomic E-state index is 0.0960. The van der Waals surface area contributed by atoms with Gasteiger partial charge in [0.1, 0.15) is 0 Å². The number of hydrogen-bond donors (Lipinski definition) is 3. The van der Waals surface area contributed by atoms with Gasteiger partial charge in [-0.3, -0.25) is 14.7 Å². The minimum atomic E-state index is 0.0960. The molecule has 6 nitrogen and oxygen atoms in total. The molecule has 0 radical (unpaired) electrons. The van der Waals surface area contributed by atoms with Crippen molar-refractivity contribution in [3.05, 3.63) is 0 Å². The molecule has 132 valence electrons. The van der Waals surface area contributed by atoms with Crippen molar-refractivity contribution in [1.82, 2.24) is 20.9 Å². The second-order valence-corrected chi connectivity index (χ2v) is 7.31. The first-order chi connectivity index (χ1) is 11.0. The van der Waals surface area contributed by atoms with Crippen LogP contribution in [-0.2, 0) is 4.79 Å². The quantitative estimate of drug-likeness (QED) is 0.520. The lowest BCUT2D eigenvalue weighted by molar-refractivity contribution is -0.122. The highest BCUT2D eigenvalue weighted by Gasteiger charge is 2.29. The summed E-state index contributed by atoms with van der Waals surface area (Å²) in [5, 5.41) is 9.75. The Hall–Kier alpha value is -1.30. The largest absolute Gasteiger partial charge is 0.358 e. The van der Waals surface area contributed by atoms with Crippen molar-refractivity contribution < 1.29 is 4.79 Å². The van der Waals surface area contributed by atoms with Crippen LogP contribution in [0.15, 0.2) is 4.99 Å². The molecule has 0 bridgehead atoms. The van der Waals surface area contributed by atoms with Gasteiger partial charge in [-0.05, 0) is 31.1 Å². The molecule has 2 fully saturated rings. The molecule has 0 aromatic carbocycles. The van der Waals surface area contributed by atoms with Gasteiger partial charge in [0.05, 0.1) is 6.54 Å². The van der Waals surface area contributed by atoms with E-state index < -0.39 is 0 Å². The Labute approximate surface area is 140 Å². The second-order valence-electron chi connectivity index (χ2n) is 7.31. The molecule has 6 heteroatoms. The Morgan fingerprint density at radius 3 is 2.48 bits per heavy atom. The lowest BCUT2D eigenvalue weighted by atomic mass is 9.89. The molecule has 2 aliphatic rings. The zero-order valence-electron chi connectivity index (χ0n) is 15.0. The predicted octanol–water partition coefficient (Wildman–Crippen LogP) is 0.942. The van der Waals surface area contributed by atoms with Crippen LogP contribution in [0.1, 0.15) is 45.4 Å². The number of guanidine groups is 1. The number of carbonyl (C=O) groups is 1. The molecule has 0 spiro atoms. The van der Waals surface area contributed by atoms with E-state index in [9.17, 15) is 4.79 Å². The Balaban J connectivity index is 1.70. The zero-order valence-corrected chi connectivity index (χ0v) is 15.0. The molecule has 0 aromatic rings. The standard InChI is InChI=1S/C17H33N5O/c1-17(8-4-5-9-17)13-20-16(19-3)21-14-6-10-22(11-7-14)12-15(23)18-2/h14H,4-13H2,1-3H3,(H,18,23)(H2,19,20,21). The molecule has 23 heavy (non-hydrogen) atoms. The van der Waals surface area contributed by atoms with Crippen molar-refractivity contribution >= 4 is 11.9 Å². The Morgan fingerprint density at radius 1 is 1.26 bits per heavy atom. The molecule has 3 N–H and O–H groups in total. The number of aliphatic imine (C=N–C) groups is 1. The lowest BCUT2D eigenvalue weighted by Gasteiger charge is -2.33. The van der Waals surface area contributed by atoms with Crippen LogP contribution in [0.3, 0.4) is 0 Å². The van der Waals surface area contributed by atoms with E-state index >= 15 is 0 Å². The summed E-state index contributed by atoms with van der Waals surface area (Å²) in [5.41, 5.74) is 0.425. The zero-order chi connectivity index (χ0) is 16.7. The van der Waals surface area contributed by atoms with Crippen LogP contribution in [0.2, 0.25) is 0 Å². The van der Waals surface area contributed by atoms with Gasteiger partial charge in [-0.1, -0.05) is 19.8 Å². The molecule has 1 saturated carbocycles. The number of hydrogen-bond acceptors (Lipinski definition) is 3. The summed E-state index contributed by atoms with van der Waals surface area (Å²) in [6.45, 7) is 5.80. The van der Waals surface area contributed by atoms with E-state index in [-0.39, 0.29) is 5.91 Å². The second kappa shape index (κ2) is 8.52. The van der Waals surface area contributed by atoms with E-state index in [0.29, 0.717) is 18.0 Å². The van der Waals surface area contributed by atoms with Gasteiger partial charge in [-0.25, -0.2) is 0 Å². The third-order valence-corrected chi connectivity index (χ3v) is 5.29. The summed E-state index contributed by atoms with van der Waals surface area (Å²) < 4.78 is 0. The number of rotatable bonds is 5. The maximum absolute atomic E-state index is 11.4. The molecule has 2 rings (SSSR count). The fraction of sp³-hybridized carbons (Fsp3) is 0.882. The van der Waals surface area contributed by atoms with Gasteiger partial charge in [0.2, 0.25) is 5.91 Å². The van der Waals surface area contributed by atoms with E-state index in [1.807, 2.05) is 7.05 Å². The van der Waals surface area contributed by atoms with Crippen molar-refractivity contribution in [3.63, 3.8) is 0 Å². The van der Waals surface area contributed by atoms with Crippen molar-refractivity contribution in [3.8, 4) is 0 Å². The van der Waals surface area contributed by atoms with Crippen molar-refractivity contribution in [2.24, 2.45) is 10.4 Å². The van der Waals surface area contributed by atoms with Gasteiger partial charge < -0.3 is 16.0 Å². The Kier molecular flexibility index (Phi) is 6.69. The molecule has 1 saturated heterocycles. The highest BCUT2D eigenvalue weighted by atomic mass is 16.1. The SMILES string of the molecule is CN=C(NCC1(C)CCCC1)NC1CCN(CC(=O)NC)CC1. The molecule has 0 unspecified atom stereocenters. The van der Waals surface area contributed by atoms with Crippen LogP contribution in [0.25, 0.3) is 0 Å². The topological polar surface area (TPSA) is 68.8 Å². The van der Waals surface area contributed by atoms with Crippen LogP contribution in [-0.4, -0.2) is 63.1 Å². The molecule has 1 heterocycles. The maximum atomic E-state index is 11.4. The van der Waals surface area contributed by atoms with E-state index in [1.54, 1.807) is 7.05 Å². The maximum Gasteiger partial charge on any atom is 0.233 e. The van der Waals surface area contributed by atoms with Gasteiger partial charge in [0.15, 0.2) is 5.96 Å². The average Bonchev–Trinajstić information content (AvgIpc) is 3.00. The summed E-state index contributed by atoms with van der Waals surface area (Å²) in [4.78, 5) is 18.0. The monoisotopic (exact) mass is 323 g/mol. The number of likely N-dealkylation sites (N-methyl/N-ethyl adjacent to an activating group) is 1. The summed E-state index contributed by atoms with van der Waals surface area (Å²) in [5.74, 6) is 1.02. The van der Waals surface area contributed by atoms with Crippen LogP contribution in [0, 0.1) is 5.41 Å². The highest BCUT2D eigenvalue weighted by molar-refractivity contribution is 5.80. The summed E-state index contributed by atoms with van der Waals surface area (Å²) >= 11 is 0. The molecule has 0 atom stereocenters. The van der Waals surface area contributed by atoms with Crippen LogP contribution in [0.5, 0.6) is 0 Å². The summed E-state index contributed by atoms with van der Waals surface area (Å²) in [6, 6.07) is 0.443. The first-order valence-electron chi connectivity index (χ1n) is 8.95. The number of carbonyl (C=O) groups excluding carboxylic acids is 1. The minimum Gasteiger partial charge on any atom is -0.358 e. The van der Waals surface area contributed by atoms with E-state index in [0.717, 1.165) is 38.4 Å². The fourth-order valence-corrected chi connectivity index (χ4v) is 3.61. The smallest absolute Gasteiger partial charge is 0.233 e. The molecule has 1 amide bonds. The van der Waals surface area contributed by atoms with Gasteiger partial charge in [0.25, 0.3) is 0 Å². The molecular weight excluding hydrogens is 290 g/mol. The van der Waals surface area contributed by atoms with Crippen molar-refractivity contribution in [2.45, 2.75) is 51.5 Å². The molecule has 0 aromatic heterocycles. The number of piperidine rings is 1. The predicted molar refractivity (Wildman–Crippen MR) is 94.6 cm³/mol. The average molecular weight is 323 g/mol. The Morgan fingerprint density at radius 2 is 1.91 bits per heavy atom. The van der Waals surface area contributed by atoms with Crippen molar-refractivity contribution in [2.75, 3.05) is 40.3 Å². The van der Waals surface area contributed by atoms with Crippen LogP contribution in [0.4, 0.5) is 0 Å². The van der Waals surface area contributed by atoms with Gasteiger partial charge in [-0.15, -0.1) is 0 Å². The number of nitrogens with one attached hydrogen (secondary N) is 3. The number of likely N-dealkylation sites (tertiary alicyclic amines) is 1. The van der Waals surface area contributed by atoms with Crippen LogP contribution < -0.4 is 16.0 Å². The Bertz CT molecular complexity index is 409. The molecule has 1 aliphatic carbocycles. The number of amides is 1. The fourth-order valence-electron chi connectivity index (χ4n) is 3.61. The van der Waals surface area contributed by atoms with E-state index in [1.165, 1.54) is 25.7 Å².